The summed E-state index contributed by atoms with van der Waals surface area (Å²) < 4.78 is 24.9. The number of anilines is 1. The summed E-state index contributed by atoms with van der Waals surface area (Å²) in [6.07, 6.45) is 4.17. The van der Waals surface area contributed by atoms with Gasteiger partial charge in [0.15, 0.2) is 5.01 Å². The average Bonchev–Trinajstić information content (AvgIpc) is 3.02. The Hall–Kier alpha value is -1.64. The Balaban J connectivity index is 1.25. The maximum absolute atomic E-state index is 12.8. The largest absolute Gasteiger partial charge is 0.355 e. The Morgan fingerprint density at radius 2 is 1.73 bits per heavy atom. The van der Waals surface area contributed by atoms with E-state index < -0.39 is 11.4 Å². The highest BCUT2D eigenvalue weighted by atomic mass is 32.1. The normalized spacial score (nSPS) is 32.0. The van der Waals surface area contributed by atoms with Crippen LogP contribution in [0.15, 0.2) is 0 Å². The molecule has 2 amide bonds. The van der Waals surface area contributed by atoms with Crippen molar-refractivity contribution in [2.45, 2.75) is 51.4 Å². The molecule has 4 bridgehead atoms. The maximum atomic E-state index is 12.8. The molecular formula is C17H22F2N4O2S. The van der Waals surface area contributed by atoms with Gasteiger partial charge in [-0.05, 0) is 56.3 Å². The third-order valence-electron chi connectivity index (χ3n) is 6.03. The summed E-state index contributed by atoms with van der Waals surface area (Å²) in [6, 6.07) is 0. The van der Waals surface area contributed by atoms with E-state index in [-0.39, 0.29) is 35.3 Å². The summed E-state index contributed by atoms with van der Waals surface area (Å²) in [6.45, 7) is 0.243. The predicted molar refractivity (Wildman–Crippen MR) is 91.7 cm³/mol. The van der Waals surface area contributed by atoms with Gasteiger partial charge < -0.3 is 10.6 Å². The summed E-state index contributed by atoms with van der Waals surface area (Å²) in [5.41, 5.74) is -0.226. The highest BCUT2D eigenvalue weighted by molar-refractivity contribution is 7.15. The molecular weight excluding hydrogens is 362 g/mol. The zero-order valence-electron chi connectivity index (χ0n) is 14.3. The van der Waals surface area contributed by atoms with Gasteiger partial charge in [0.25, 0.3) is 6.43 Å². The lowest BCUT2D eigenvalue weighted by Gasteiger charge is -2.55. The van der Waals surface area contributed by atoms with Crippen LogP contribution in [0.2, 0.25) is 0 Å². The van der Waals surface area contributed by atoms with Crippen molar-refractivity contribution in [2.75, 3.05) is 11.9 Å². The molecule has 1 heterocycles. The van der Waals surface area contributed by atoms with Crippen LogP contribution in [-0.2, 0) is 9.59 Å². The van der Waals surface area contributed by atoms with Gasteiger partial charge >= 0.3 is 0 Å². The molecule has 9 heteroatoms. The molecule has 0 unspecified atom stereocenters. The third-order valence-corrected chi connectivity index (χ3v) is 6.88. The molecule has 6 nitrogen and oxygen atoms in total. The molecule has 0 aliphatic heterocycles. The molecule has 0 radical (unpaired) electrons. The second-order valence-corrected chi connectivity index (χ2v) is 9.01. The topological polar surface area (TPSA) is 84.0 Å². The summed E-state index contributed by atoms with van der Waals surface area (Å²) >= 11 is 0.656. The van der Waals surface area contributed by atoms with Crippen LogP contribution in [0, 0.1) is 23.2 Å². The van der Waals surface area contributed by atoms with Crippen LogP contribution < -0.4 is 10.6 Å². The fraction of sp³-hybridized carbons (Fsp3) is 0.765. The lowest BCUT2D eigenvalue weighted by atomic mass is 9.49. The molecule has 4 saturated carbocycles. The molecule has 142 valence electrons. The Labute approximate surface area is 154 Å². The Morgan fingerprint density at radius 3 is 2.27 bits per heavy atom. The maximum Gasteiger partial charge on any atom is 0.291 e. The van der Waals surface area contributed by atoms with E-state index in [0.717, 1.165) is 19.3 Å². The molecule has 0 atom stereocenters. The lowest BCUT2D eigenvalue weighted by molar-refractivity contribution is -0.146. The quantitative estimate of drug-likeness (QED) is 0.789. The van der Waals surface area contributed by atoms with Crippen molar-refractivity contribution in [3.63, 3.8) is 0 Å². The minimum Gasteiger partial charge on any atom is -0.355 e. The number of carbonyl (C=O) groups is 2. The van der Waals surface area contributed by atoms with Crippen LogP contribution in [0.5, 0.6) is 0 Å². The molecule has 0 aromatic carbocycles. The number of rotatable bonds is 6. The van der Waals surface area contributed by atoms with Crippen LogP contribution in [-0.4, -0.2) is 28.6 Å². The number of alkyl halides is 2. The van der Waals surface area contributed by atoms with E-state index in [1.807, 2.05) is 0 Å². The number of nitrogens with one attached hydrogen (secondary N) is 2. The van der Waals surface area contributed by atoms with Gasteiger partial charge in [-0.1, -0.05) is 11.3 Å². The van der Waals surface area contributed by atoms with Crippen molar-refractivity contribution in [2.24, 2.45) is 23.2 Å². The lowest BCUT2D eigenvalue weighted by Crippen LogP contribution is -2.53. The second-order valence-electron chi connectivity index (χ2n) is 8.00. The Morgan fingerprint density at radius 1 is 1.12 bits per heavy atom. The van der Waals surface area contributed by atoms with Crippen LogP contribution in [0.3, 0.4) is 0 Å². The summed E-state index contributed by atoms with van der Waals surface area (Å²) in [5.74, 6) is 1.79. The van der Waals surface area contributed by atoms with E-state index >= 15 is 0 Å². The number of aromatic nitrogens is 2. The van der Waals surface area contributed by atoms with E-state index in [9.17, 15) is 18.4 Å². The molecule has 2 N–H and O–H groups in total. The van der Waals surface area contributed by atoms with Crippen LogP contribution in [0.4, 0.5) is 13.9 Å². The summed E-state index contributed by atoms with van der Waals surface area (Å²) in [5, 5.41) is 11.8. The highest BCUT2D eigenvalue weighted by Gasteiger charge is 2.54. The first kappa shape index (κ1) is 17.8. The first-order valence-electron chi connectivity index (χ1n) is 9.13. The van der Waals surface area contributed by atoms with Gasteiger partial charge in [0, 0.05) is 18.4 Å². The van der Waals surface area contributed by atoms with E-state index in [2.05, 4.69) is 20.8 Å². The van der Waals surface area contributed by atoms with Crippen molar-refractivity contribution >= 4 is 28.3 Å². The summed E-state index contributed by atoms with van der Waals surface area (Å²) in [4.78, 5) is 24.7. The van der Waals surface area contributed by atoms with Gasteiger partial charge in [-0.3, -0.25) is 9.59 Å². The van der Waals surface area contributed by atoms with Gasteiger partial charge in [-0.2, -0.15) is 0 Å². The van der Waals surface area contributed by atoms with Gasteiger partial charge in [0.2, 0.25) is 16.9 Å². The fourth-order valence-electron chi connectivity index (χ4n) is 5.42. The minimum absolute atomic E-state index is 0.0534. The average molecular weight is 384 g/mol. The van der Waals surface area contributed by atoms with Gasteiger partial charge in [0.1, 0.15) is 0 Å². The van der Waals surface area contributed by atoms with E-state index in [1.54, 1.807) is 0 Å². The third kappa shape index (κ3) is 3.45. The van der Waals surface area contributed by atoms with E-state index in [1.165, 1.54) is 19.3 Å². The molecule has 5 rings (SSSR count). The molecule has 26 heavy (non-hydrogen) atoms. The van der Waals surface area contributed by atoms with Crippen molar-refractivity contribution in [1.29, 1.82) is 0 Å². The van der Waals surface area contributed by atoms with Gasteiger partial charge in [0.05, 0.1) is 0 Å². The number of hydrogen-bond acceptors (Lipinski definition) is 5. The van der Waals surface area contributed by atoms with Crippen molar-refractivity contribution in [3.8, 4) is 0 Å². The zero-order valence-corrected chi connectivity index (χ0v) is 15.2. The van der Waals surface area contributed by atoms with Crippen LogP contribution >= 0.6 is 11.3 Å². The second kappa shape index (κ2) is 6.83. The van der Waals surface area contributed by atoms with E-state index in [4.69, 9.17) is 0 Å². The molecule has 4 aliphatic rings. The zero-order chi connectivity index (χ0) is 18.3. The van der Waals surface area contributed by atoms with Crippen LogP contribution in [0.1, 0.15) is 56.4 Å². The van der Waals surface area contributed by atoms with Crippen molar-refractivity contribution in [1.82, 2.24) is 15.5 Å². The van der Waals surface area contributed by atoms with Gasteiger partial charge in [-0.25, -0.2) is 8.78 Å². The van der Waals surface area contributed by atoms with Crippen LogP contribution in [0.25, 0.3) is 0 Å². The number of halogens is 2. The molecule has 4 fully saturated rings. The standard InChI is InChI=1S/C17H22F2N4O2S/c18-13(19)14-22-23-16(26-14)21-12(24)1-2-20-15(25)17-6-9-3-10(7-17)5-11(4-9)8-17/h9-11,13H,1-8H2,(H,20,25)(H,21,23,24). The molecule has 4 aliphatic carbocycles. The number of carbonyl (C=O) groups excluding carboxylic acids is 2. The minimum atomic E-state index is -2.70. The van der Waals surface area contributed by atoms with Crippen molar-refractivity contribution < 1.29 is 18.4 Å². The molecule has 1 aromatic heterocycles. The molecule has 0 saturated heterocycles. The Bertz CT molecular complexity index is 673. The van der Waals surface area contributed by atoms with Gasteiger partial charge in [-0.15, -0.1) is 10.2 Å². The molecule has 1 aromatic rings. The summed E-state index contributed by atoms with van der Waals surface area (Å²) in [7, 11) is 0. The fourth-order valence-corrected chi connectivity index (χ4v) is 6.04. The Kier molecular flexibility index (Phi) is 4.66. The number of nitrogens with zero attached hydrogens (tertiary/aromatic N) is 2. The molecule has 0 spiro atoms. The smallest absolute Gasteiger partial charge is 0.291 e. The SMILES string of the molecule is O=C(CCNC(=O)C12CC3CC(CC(C3)C1)C2)Nc1nnc(C(F)F)s1. The monoisotopic (exact) mass is 384 g/mol. The first-order chi connectivity index (χ1) is 12.4. The number of hydrogen-bond donors (Lipinski definition) is 2. The number of amides is 2. The predicted octanol–water partition coefficient (Wildman–Crippen LogP) is 3.14. The highest BCUT2D eigenvalue weighted by Crippen LogP contribution is 2.60. The van der Waals surface area contributed by atoms with Crippen molar-refractivity contribution in [3.05, 3.63) is 5.01 Å². The van der Waals surface area contributed by atoms with E-state index in [0.29, 0.717) is 29.1 Å². The first-order valence-corrected chi connectivity index (χ1v) is 9.95.